The Hall–Kier alpha value is -1.92. The molecule has 1 heterocycles. The number of guanidine groups is 1. The summed E-state index contributed by atoms with van der Waals surface area (Å²) in [7, 11) is 0. The monoisotopic (exact) mass is 210 g/mol. The van der Waals surface area contributed by atoms with E-state index in [1.807, 2.05) is 0 Å². The standard InChI is InChI=1S/C8H10N4O3/c13-5(10-4-1-2-4)3-9-8-11-6(14)7(15)12-8/h4H,1-3H2,(H,10,13)(H2,9,11,12,14,15). The fraction of sp³-hybridized carbons (Fsp3) is 0.500. The van der Waals surface area contributed by atoms with E-state index in [0.29, 0.717) is 0 Å². The number of rotatable bonds is 3. The second-order valence-electron chi connectivity index (χ2n) is 3.41. The highest BCUT2D eigenvalue weighted by atomic mass is 16.2. The molecule has 80 valence electrons. The number of aliphatic imine (C=N–C) groups is 1. The first kappa shape index (κ1) is 9.63. The van der Waals surface area contributed by atoms with Gasteiger partial charge in [0.05, 0.1) is 0 Å². The Labute approximate surface area is 85.3 Å². The molecular weight excluding hydrogens is 200 g/mol. The van der Waals surface area contributed by atoms with Crippen molar-refractivity contribution < 1.29 is 14.4 Å². The van der Waals surface area contributed by atoms with Crippen LogP contribution in [-0.4, -0.2) is 36.3 Å². The summed E-state index contributed by atoms with van der Waals surface area (Å²) in [5.41, 5.74) is 0. The Morgan fingerprint density at radius 2 is 1.93 bits per heavy atom. The molecule has 3 amide bonds. The molecule has 0 aromatic heterocycles. The first-order valence-electron chi connectivity index (χ1n) is 4.61. The summed E-state index contributed by atoms with van der Waals surface area (Å²) in [6.07, 6.45) is 2.02. The highest BCUT2D eigenvalue weighted by Crippen LogP contribution is 2.18. The van der Waals surface area contributed by atoms with Gasteiger partial charge in [-0.2, -0.15) is 0 Å². The average Bonchev–Trinajstić information content (AvgIpc) is 2.92. The molecule has 7 heteroatoms. The van der Waals surface area contributed by atoms with Gasteiger partial charge in [0.2, 0.25) is 11.9 Å². The molecule has 0 aromatic carbocycles. The van der Waals surface area contributed by atoms with E-state index >= 15 is 0 Å². The third kappa shape index (κ3) is 2.52. The number of carbonyl (C=O) groups is 3. The lowest BCUT2D eigenvalue weighted by Crippen LogP contribution is -2.31. The molecule has 1 aliphatic carbocycles. The van der Waals surface area contributed by atoms with Gasteiger partial charge in [0, 0.05) is 6.04 Å². The summed E-state index contributed by atoms with van der Waals surface area (Å²) < 4.78 is 0. The first-order valence-corrected chi connectivity index (χ1v) is 4.61. The minimum Gasteiger partial charge on any atom is -0.352 e. The third-order valence-electron chi connectivity index (χ3n) is 1.99. The second kappa shape index (κ2) is 3.68. The van der Waals surface area contributed by atoms with Crippen LogP contribution in [0.1, 0.15) is 12.8 Å². The fourth-order valence-corrected chi connectivity index (χ4v) is 1.09. The molecule has 3 N–H and O–H groups in total. The SMILES string of the molecule is O=C(CN=C1NC(=O)C(=O)N1)NC1CC1. The lowest BCUT2D eigenvalue weighted by atomic mass is 10.5. The molecule has 0 radical (unpaired) electrons. The molecule has 1 saturated carbocycles. The van der Waals surface area contributed by atoms with Gasteiger partial charge in [-0.1, -0.05) is 0 Å². The van der Waals surface area contributed by atoms with E-state index in [0.717, 1.165) is 12.8 Å². The van der Waals surface area contributed by atoms with Crippen LogP contribution in [0.3, 0.4) is 0 Å². The maximum Gasteiger partial charge on any atom is 0.316 e. The normalized spacial score (nSPS) is 19.6. The lowest BCUT2D eigenvalue weighted by Gasteiger charge is -1.99. The smallest absolute Gasteiger partial charge is 0.316 e. The van der Waals surface area contributed by atoms with Crippen molar-refractivity contribution in [1.29, 1.82) is 0 Å². The quantitative estimate of drug-likeness (QED) is 0.464. The molecule has 2 fully saturated rings. The molecular formula is C8H10N4O3. The van der Waals surface area contributed by atoms with Crippen LogP contribution in [-0.2, 0) is 14.4 Å². The van der Waals surface area contributed by atoms with Crippen molar-refractivity contribution in [3.63, 3.8) is 0 Å². The van der Waals surface area contributed by atoms with Gasteiger partial charge in [-0.05, 0) is 12.8 Å². The van der Waals surface area contributed by atoms with Gasteiger partial charge in [-0.25, -0.2) is 4.99 Å². The second-order valence-corrected chi connectivity index (χ2v) is 3.41. The zero-order chi connectivity index (χ0) is 10.8. The largest absolute Gasteiger partial charge is 0.352 e. The number of hydrogen-bond donors (Lipinski definition) is 3. The highest BCUT2D eigenvalue weighted by molar-refractivity contribution is 6.45. The van der Waals surface area contributed by atoms with E-state index in [1.165, 1.54) is 0 Å². The van der Waals surface area contributed by atoms with Gasteiger partial charge in [-0.15, -0.1) is 0 Å². The molecule has 0 atom stereocenters. The first-order chi connectivity index (χ1) is 7.15. The van der Waals surface area contributed by atoms with Crippen LogP contribution in [0.4, 0.5) is 0 Å². The van der Waals surface area contributed by atoms with Crippen molar-refractivity contribution in [2.75, 3.05) is 6.54 Å². The van der Waals surface area contributed by atoms with Crippen LogP contribution in [0.15, 0.2) is 4.99 Å². The molecule has 0 unspecified atom stereocenters. The van der Waals surface area contributed by atoms with Gasteiger partial charge >= 0.3 is 11.8 Å². The van der Waals surface area contributed by atoms with Gasteiger partial charge in [0.25, 0.3) is 0 Å². The number of nitrogens with one attached hydrogen (secondary N) is 3. The van der Waals surface area contributed by atoms with Crippen LogP contribution >= 0.6 is 0 Å². The van der Waals surface area contributed by atoms with Gasteiger partial charge < -0.3 is 5.32 Å². The van der Waals surface area contributed by atoms with Crippen molar-refractivity contribution >= 4 is 23.7 Å². The van der Waals surface area contributed by atoms with Crippen molar-refractivity contribution in [2.45, 2.75) is 18.9 Å². The van der Waals surface area contributed by atoms with Crippen molar-refractivity contribution in [3.8, 4) is 0 Å². The number of carbonyl (C=O) groups excluding carboxylic acids is 3. The van der Waals surface area contributed by atoms with Crippen molar-refractivity contribution in [2.24, 2.45) is 4.99 Å². The molecule has 7 nitrogen and oxygen atoms in total. The predicted molar refractivity (Wildman–Crippen MR) is 49.8 cm³/mol. The summed E-state index contributed by atoms with van der Waals surface area (Å²) in [5, 5.41) is 7.13. The van der Waals surface area contributed by atoms with Gasteiger partial charge in [0.1, 0.15) is 6.54 Å². The summed E-state index contributed by atoms with van der Waals surface area (Å²) in [5.74, 6) is -1.68. The summed E-state index contributed by atoms with van der Waals surface area (Å²) in [6.45, 7) is -0.0909. The minimum atomic E-state index is -0.753. The van der Waals surface area contributed by atoms with E-state index in [2.05, 4.69) is 20.9 Å². The average molecular weight is 210 g/mol. The Bertz CT molecular complexity index is 341. The molecule has 0 spiro atoms. The van der Waals surface area contributed by atoms with Crippen LogP contribution in [0.25, 0.3) is 0 Å². The zero-order valence-electron chi connectivity index (χ0n) is 7.87. The zero-order valence-corrected chi connectivity index (χ0v) is 7.87. The van der Waals surface area contributed by atoms with Crippen LogP contribution < -0.4 is 16.0 Å². The van der Waals surface area contributed by atoms with E-state index in [-0.39, 0.29) is 24.5 Å². The Balaban J connectivity index is 1.80. The molecule has 0 aromatic rings. The van der Waals surface area contributed by atoms with Gasteiger partial charge in [-0.3, -0.25) is 25.0 Å². The maximum absolute atomic E-state index is 11.2. The van der Waals surface area contributed by atoms with Gasteiger partial charge in [0.15, 0.2) is 0 Å². The number of amides is 3. The molecule has 2 aliphatic rings. The highest BCUT2D eigenvalue weighted by Gasteiger charge is 2.26. The van der Waals surface area contributed by atoms with Crippen LogP contribution in [0, 0.1) is 0 Å². The summed E-state index contributed by atoms with van der Waals surface area (Å²) in [6, 6.07) is 0.283. The maximum atomic E-state index is 11.2. The Morgan fingerprint density at radius 1 is 1.33 bits per heavy atom. The molecule has 0 bridgehead atoms. The molecule has 2 rings (SSSR count). The van der Waals surface area contributed by atoms with Crippen LogP contribution in [0.5, 0.6) is 0 Å². The molecule has 1 saturated heterocycles. The fourth-order valence-electron chi connectivity index (χ4n) is 1.09. The summed E-state index contributed by atoms with van der Waals surface area (Å²) >= 11 is 0. The number of hydrogen-bond acceptors (Lipinski definition) is 4. The summed E-state index contributed by atoms with van der Waals surface area (Å²) in [4.78, 5) is 36.3. The minimum absolute atomic E-state index is 0.0379. The Morgan fingerprint density at radius 3 is 2.47 bits per heavy atom. The number of nitrogens with zero attached hydrogens (tertiary/aromatic N) is 1. The van der Waals surface area contributed by atoms with E-state index in [1.54, 1.807) is 0 Å². The Kier molecular flexibility index (Phi) is 2.36. The van der Waals surface area contributed by atoms with E-state index in [9.17, 15) is 14.4 Å². The van der Waals surface area contributed by atoms with Crippen molar-refractivity contribution in [3.05, 3.63) is 0 Å². The predicted octanol–water partition coefficient (Wildman–Crippen LogP) is -2.13. The van der Waals surface area contributed by atoms with Crippen molar-refractivity contribution in [1.82, 2.24) is 16.0 Å². The van der Waals surface area contributed by atoms with Crippen LogP contribution in [0.2, 0.25) is 0 Å². The lowest BCUT2D eigenvalue weighted by molar-refractivity contribution is -0.135. The molecule has 15 heavy (non-hydrogen) atoms. The molecule has 1 aliphatic heterocycles. The van der Waals surface area contributed by atoms with E-state index in [4.69, 9.17) is 0 Å². The van der Waals surface area contributed by atoms with E-state index < -0.39 is 11.8 Å². The third-order valence-corrected chi connectivity index (χ3v) is 1.99. The topological polar surface area (TPSA) is 99.7 Å².